The van der Waals surface area contributed by atoms with Gasteiger partial charge in [-0.05, 0) is 36.8 Å². The Labute approximate surface area is 123 Å². The quantitative estimate of drug-likeness (QED) is 0.767. The highest BCUT2D eigenvalue weighted by molar-refractivity contribution is 7.86. The predicted molar refractivity (Wildman–Crippen MR) is 82.1 cm³/mol. The topological polar surface area (TPSA) is 43.4 Å². The zero-order valence-electron chi connectivity index (χ0n) is 13.3. The largest absolute Gasteiger partial charge is 0.297 e. The van der Waals surface area contributed by atoms with E-state index in [1.807, 2.05) is 27.7 Å². The van der Waals surface area contributed by atoms with Gasteiger partial charge in [-0.1, -0.05) is 52.3 Å². The standard InChI is InChI=1S/C16H26O3S/c1-12(2)11-15(16(4,5)6)19-20(17,18)14-9-7-13(3)8-10-14/h7-10,12,15H,11H2,1-6H3. The van der Waals surface area contributed by atoms with E-state index in [4.69, 9.17) is 4.18 Å². The number of hydrogen-bond donors (Lipinski definition) is 0. The molecule has 1 aromatic rings. The van der Waals surface area contributed by atoms with Gasteiger partial charge in [0, 0.05) is 0 Å². The third kappa shape index (κ3) is 4.91. The van der Waals surface area contributed by atoms with Crippen molar-refractivity contribution >= 4 is 10.1 Å². The minimum absolute atomic E-state index is 0.220. The zero-order valence-corrected chi connectivity index (χ0v) is 14.1. The second-order valence-electron chi connectivity index (χ2n) is 6.85. The average Bonchev–Trinajstić information content (AvgIpc) is 2.26. The molecule has 1 unspecified atom stereocenters. The number of benzene rings is 1. The molecule has 1 aromatic carbocycles. The number of rotatable bonds is 5. The zero-order chi connectivity index (χ0) is 15.6. The van der Waals surface area contributed by atoms with Gasteiger partial charge in [0.25, 0.3) is 10.1 Å². The molecule has 0 amide bonds. The van der Waals surface area contributed by atoms with E-state index in [0.717, 1.165) is 5.56 Å². The molecule has 1 rings (SSSR count). The minimum Gasteiger partial charge on any atom is -0.262 e. The lowest BCUT2D eigenvalue weighted by Gasteiger charge is -2.31. The van der Waals surface area contributed by atoms with Crippen LogP contribution in [0.4, 0.5) is 0 Å². The maximum absolute atomic E-state index is 12.4. The summed E-state index contributed by atoms with van der Waals surface area (Å²) in [6.07, 6.45) is 0.392. The fraction of sp³-hybridized carbons (Fsp3) is 0.625. The molecule has 0 aliphatic heterocycles. The van der Waals surface area contributed by atoms with Crippen molar-refractivity contribution in [3.8, 4) is 0 Å². The van der Waals surface area contributed by atoms with E-state index >= 15 is 0 Å². The molecule has 0 aromatic heterocycles. The summed E-state index contributed by atoms with van der Waals surface area (Å²) < 4.78 is 30.2. The van der Waals surface area contributed by atoms with E-state index in [1.54, 1.807) is 24.3 Å². The van der Waals surface area contributed by atoms with Crippen LogP contribution in [0.5, 0.6) is 0 Å². The lowest BCUT2D eigenvalue weighted by molar-refractivity contribution is 0.0738. The Balaban J connectivity index is 3.00. The van der Waals surface area contributed by atoms with Crippen LogP contribution in [-0.2, 0) is 14.3 Å². The van der Waals surface area contributed by atoms with Gasteiger partial charge in [0.2, 0.25) is 0 Å². The molecule has 114 valence electrons. The second kappa shape index (κ2) is 6.27. The van der Waals surface area contributed by atoms with Crippen LogP contribution in [0.2, 0.25) is 0 Å². The highest BCUT2D eigenvalue weighted by Gasteiger charge is 2.31. The van der Waals surface area contributed by atoms with Crippen molar-refractivity contribution < 1.29 is 12.6 Å². The van der Waals surface area contributed by atoms with Crippen molar-refractivity contribution in [1.82, 2.24) is 0 Å². The van der Waals surface area contributed by atoms with Crippen molar-refractivity contribution in [2.45, 2.75) is 59.0 Å². The van der Waals surface area contributed by atoms with Crippen LogP contribution in [0.15, 0.2) is 29.2 Å². The Bertz CT molecular complexity index is 522. The maximum atomic E-state index is 12.4. The first-order valence-electron chi connectivity index (χ1n) is 7.02. The van der Waals surface area contributed by atoms with Crippen LogP contribution in [0, 0.1) is 18.3 Å². The first-order valence-corrected chi connectivity index (χ1v) is 8.43. The van der Waals surface area contributed by atoms with Gasteiger partial charge in [0.15, 0.2) is 0 Å². The highest BCUT2D eigenvalue weighted by atomic mass is 32.2. The van der Waals surface area contributed by atoms with E-state index < -0.39 is 10.1 Å². The van der Waals surface area contributed by atoms with Crippen molar-refractivity contribution in [3.63, 3.8) is 0 Å². The lowest BCUT2D eigenvalue weighted by atomic mass is 9.84. The third-order valence-electron chi connectivity index (χ3n) is 3.20. The van der Waals surface area contributed by atoms with Crippen LogP contribution in [-0.4, -0.2) is 14.5 Å². The van der Waals surface area contributed by atoms with E-state index in [-0.39, 0.29) is 16.4 Å². The molecule has 4 heteroatoms. The summed E-state index contributed by atoms with van der Waals surface area (Å²) in [5.41, 5.74) is 0.806. The molecule has 0 spiro atoms. The van der Waals surface area contributed by atoms with Crippen LogP contribution in [0.25, 0.3) is 0 Å². The molecule has 0 saturated heterocycles. The summed E-state index contributed by atoms with van der Waals surface area (Å²) in [6, 6.07) is 6.76. The van der Waals surface area contributed by atoms with E-state index in [2.05, 4.69) is 13.8 Å². The Morgan fingerprint density at radius 3 is 2.00 bits per heavy atom. The summed E-state index contributed by atoms with van der Waals surface area (Å²) in [5.74, 6) is 0.382. The maximum Gasteiger partial charge on any atom is 0.297 e. The monoisotopic (exact) mass is 298 g/mol. The fourth-order valence-corrected chi connectivity index (χ4v) is 3.13. The summed E-state index contributed by atoms with van der Waals surface area (Å²) in [7, 11) is -3.71. The van der Waals surface area contributed by atoms with Crippen LogP contribution in [0.1, 0.15) is 46.6 Å². The molecule has 3 nitrogen and oxygen atoms in total. The normalized spacial score (nSPS) is 14.6. The second-order valence-corrected chi connectivity index (χ2v) is 8.42. The van der Waals surface area contributed by atoms with E-state index in [0.29, 0.717) is 12.3 Å². The predicted octanol–water partition coefficient (Wildman–Crippen LogP) is 4.16. The van der Waals surface area contributed by atoms with Gasteiger partial charge < -0.3 is 0 Å². The van der Waals surface area contributed by atoms with Crippen molar-refractivity contribution in [3.05, 3.63) is 29.8 Å². The highest BCUT2D eigenvalue weighted by Crippen LogP contribution is 2.30. The number of hydrogen-bond acceptors (Lipinski definition) is 3. The van der Waals surface area contributed by atoms with E-state index in [1.165, 1.54) is 0 Å². The van der Waals surface area contributed by atoms with Gasteiger partial charge >= 0.3 is 0 Å². The Morgan fingerprint density at radius 1 is 1.10 bits per heavy atom. The summed E-state index contributed by atoms with van der Waals surface area (Å²) >= 11 is 0. The third-order valence-corrected chi connectivity index (χ3v) is 4.54. The molecule has 0 aliphatic rings. The van der Waals surface area contributed by atoms with Crippen molar-refractivity contribution in [2.24, 2.45) is 11.3 Å². The number of aryl methyl sites for hydroxylation is 1. The molecule has 0 radical (unpaired) electrons. The van der Waals surface area contributed by atoms with Crippen molar-refractivity contribution in [2.75, 3.05) is 0 Å². The molecular weight excluding hydrogens is 272 g/mol. The molecular formula is C16H26O3S. The first kappa shape index (κ1) is 17.2. The Hall–Kier alpha value is -0.870. The van der Waals surface area contributed by atoms with Gasteiger partial charge in [0.1, 0.15) is 0 Å². The smallest absolute Gasteiger partial charge is 0.262 e. The van der Waals surface area contributed by atoms with E-state index in [9.17, 15) is 8.42 Å². The van der Waals surface area contributed by atoms with Crippen LogP contribution >= 0.6 is 0 Å². The van der Waals surface area contributed by atoms with Gasteiger partial charge in [-0.25, -0.2) is 0 Å². The van der Waals surface area contributed by atoms with Crippen molar-refractivity contribution in [1.29, 1.82) is 0 Å². The SMILES string of the molecule is Cc1ccc(S(=O)(=O)OC(CC(C)C)C(C)(C)C)cc1. The average molecular weight is 298 g/mol. The molecule has 0 aliphatic carbocycles. The van der Waals surface area contributed by atoms with Gasteiger partial charge in [-0.2, -0.15) is 8.42 Å². The Morgan fingerprint density at radius 2 is 1.60 bits per heavy atom. The molecule has 0 N–H and O–H groups in total. The van der Waals surface area contributed by atoms with Gasteiger partial charge in [0.05, 0.1) is 11.0 Å². The lowest BCUT2D eigenvalue weighted by Crippen LogP contribution is -2.33. The summed E-state index contributed by atoms with van der Waals surface area (Å²) in [6.45, 7) is 12.1. The van der Waals surface area contributed by atoms with Gasteiger partial charge in [-0.3, -0.25) is 4.18 Å². The molecule has 20 heavy (non-hydrogen) atoms. The molecule has 0 bridgehead atoms. The molecule has 1 atom stereocenters. The first-order chi connectivity index (χ1) is 9.02. The fourth-order valence-electron chi connectivity index (χ4n) is 1.88. The van der Waals surface area contributed by atoms with Crippen LogP contribution < -0.4 is 0 Å². The minimum atomic E-state index is -3.71. The molecule has 0 fully saturated rings. The van der Waals surface area contributed by atoms with Gasteiger partial charge in [-0.15, -0.1) is 0 Å². The summed E-state index contributed by atoms with van der Waals surface area (Å²) in [4.78, 5) is 0.223. The summed E-state index contributed by atoms with van der Waals surface area (Å²) in [5, 5.41) is 0. The Kier molecular flexibility index (Phi) is 5.39. The van der Waals surface area contributed by atoms with Crippen LogP contribution in [0.3, 0.4) is 0 Å². The molecule has 0 saturated carbocycles. The molecule has 0 heterocycles.